The highest BCUT2D eigenvalue weighted by Gasteiger charge is 2.17. The van der Waals surface area contributed by atoms with Gasteiger partial charge in [0, 0.05) is 10.7 Å². The summed E-state index contributed by atoms with van der Waals surface area (Å²) in [5.41, 5.74) is 3.52. The van der Waals surface area contributed by atoms with Crippen molar-refractivity contribution in [2.24, 2.45) is 0 Å². The number of aromatic nitrogens is 1. The van der Waals surface area contributed by atoms with Crippen molar-refractivity contribution >= 4 is 17.6 Å². The van der Waals surface area contributed by atoms with Gasteiger partial charge in [-0.25, -0.2) is 0 Å². The average molecular weight is 386 g/mol. The van der Waals surface area contributed by atoms with Crippen LogP contribution < -0.4 is 9.47 Å². The number of nitrogens with zero attached hydrogens (tertiary/aromatic N) is 1. The van der Waals surface area contributed by atoms with Gasteiger partial charge >= 0.3 is 5.97 Å². The third-order valence-electron chi connectivity index (χ3n) is 4.32. The van der Waals surface area contributed by atoms with Crippen LogP contribution in [0.1, 0.15) is 12.1 Å². The fourth-order valence-electron chi connectivity index (χ4n) is 3.02. The van der Waals surface area contributed by atoms with Crippen molar-refractivity contribution in [1.82, 2.24) is 4.57 Å². The molecule has 0 amide bonds. The minimum atomic E-state index is -0.841. The highest BCUT2D eigenvalue weighted by molar-refractivity contribution is 6.30. The van der Waals surface area contributed by atoms with E-state index in [4.69, 9.17) is 26.2 Å². The third kappa shape index (κ3) is 4.09. The maximum atomic E-state index is 11.1. The van der Waals surface area contributed by atoms with Gasteiger partial charge in [-0.2, -0.15) is 0 Å². The molecule has 0 saturated heterocycles. The molecule has 0 bridgehead atoms. The molecule has 6 heteroatoms. The summed E-state index contributed by atoms with van der Waals surface area (Å²) in [6, 6.07) is 17.0. The fourth-order valence-corrected chi connectivity index (χ4v) is 3.18. The molecular formula is C21H20ClNO4. The maximum absolute atomic E-state index is 11.1. The fraction of sp³-hybridized carbons (Fsp3) is 0.190. The van der Waals surface area contributed by atoms with Crippen molar-refractivity contribution in [2.75, 3.05) is 14.2 Å². The topological polar surface area (TPSA) is 60.7 Å². The predicted octanol–water partition coefficient (Wildman–Crippen LogP) is 4.83. The maximum Gasteiger partial charge on any atom is 0.303 e. The molecule has 0 aliphatic heterocycles. The summed E-state index contributed by atoms with van der Waals surface area (Å²) < 4.78 is 12.7. The van der Waals surface area contributed by atoms with Gasteiger partial charge in [0.2, 0.25) is 0 Å². The largest absolute Gasteiger partial charge is 0.497 e. The second-order valence-electron chi connectivity index (χ2n) is 5.98. The highest BCUT2D eigenvalue weighted by atomic mass is 35.5. The van der Waals surface area contributed by atoms with Gasteiger partial charge < -0.3 is 19.1 Å². The molecule has 0 atom stereocenters. The Balaban J connectivity index is 2.17. The van der Waals surface area contributed by atoms with Crippen LogP contribution in [0.3, 0.4) is 0 Å². The van der Waals surface area contributed by atoms with E-state index < -0.39 is 5.97 Å². The van der Waals surface area contributed by atoms with Crippen molar-refractivity contribution < 1.29 is 19.4 Å². The van der Waals surface area contributed by atoms with Crippen LogP contribution in [0.2, 0.25) is 5.02 Å². The van der Waals surface area contributed by atoms with E-state index in [2.05, 4.69) is 0 Å². The molecule has 0 saturated carbocycles. The first-order valence-corrected chi connectivity index (χ1v) is 8.82. The van der Waals surface area contributed by atoms with Gasteiger partial charge in [-0.1, -0.05) is 11.6 Å². The molecule has 0 fully saturated rings. The lowest BCUT2D eigenvalue weighted by Gasteiger charge is -2.17. The molecule has 1 heterocycles. The minimum absolute atomic E-state index is 0.0367. The Kier molecular flexibility index (Phi) is 5.72. The Hall–Kier alpha value is -2.92. The number of aliphatic carboxylic acids is 1. The van der Waals surface area contributed by atoms with Crippen molar-refractivity contribution in [3.05, 3.63) is 65.3 Å². The summed E-state index contributed by atoms with van der Waals surface area (Å²) in [6.07, 6.45) is 0.427. The normalized spacial score (nSPS) is 10.6. The summed E-state index contributed by atoms with van der Waals surface area (Å²) in [5.74, 6) is 0.581. The second-order valence-corrected chi connectivity index (χ2v) is 6.42. The van der Waals surface area contributed by atoms with Gasteiger partial charge in [-0.15, -0.1) is 0 Å². The van der Waals surface area contributed by atoms with Gasteiger partial charge in [0.15, 0.2) is 0 Å². The Labute approximate surface area is 162 Å². The molecule has 1 N–H and O–H groups in total. The van der Waals surface area contributed by atoms with E-state index in [-0.39, 0.29) is 6.42 Å². The Morgan fingerprint density at radius 1 is 1.04 bits per heavy atom. The lowest BCUT2D eigenvalue weighted by molar-refractivity contribution is -0.136. The molecule has 2 aromatic carbocycles. The number of benzene rings is 2. The number of halogens is 1. The van der Waals surface area contributed by atoms with Crippen molar-refractivity contribution in [3.8, 4) is 28.4 Å². The van der Waals surface area contributed by atoms with E-state index in [0.29, 0.717) is 17.2 Å². The van der Waals surface area contributed by atoms with Crippen molar-refractivity contribution in [3.63, 3.8) is 0 Å². The van der Waals surface area contributed by atoms with Crippen molar-refractivity contribution in [1.29, 1.82) is 0 Å². The molecular weight excluding hydrogens is 366 g/mol. The highest BCUT2D eigenvalue weighted by Crippen LogP contribution is 2.34. The molecule has 0 aliphatic rings. The molecule has 5 nitrogen and oxygen atoms in total. The Bertz CT molecular complexity index is 947. The molecule has 140 valence electrons. The molecule has 27 heavy (non-hydrogen) atoms. The van der Waals surface area contributed by atoms with E-state index in [0.717, 1.165) is 28.4 Å². The Morgan fingerprint density at radius 3 is 2.41 bits per heavy atom. The number of carboxylic acids is 1. The number of carboxylic acid groups (broad SMARTS) is 1. The number of carbonyl (C=O) groups is 1. The molecule has 0 unspecified atom stereocenters. The molecule has 3 aromatic rings. The number of ether oxygens (including phenoxy) is 2. The van der Waals surface area contributed by atoms with Gasteiger partial charge in [-0.05, 0) is 66.6 Å². The molecule has 1 aromatic heterocycles. The number of rotatable bonds is 7. The monoisotopic (exact) mass is 385 g/mol. The van der Waals surface area contributed by atoms with Crippen LogP contribution in [0.15, 0.2) is 54.6 Å². The number of methoxy groups -OCH3 is 2. The van der Waals surface area contributed by atoms with Gasteiger partial charge in [-0.3, -0.25) is 4.79 Å². The number of hydrogen-bond donors (Lipinski definition) is 1. The first kappa shape index (κ1) is 18.9. The van der Waals surface area contributed by atoms with Crippen LogP contribution >= 0.6 is 11.6 Å². The van der Waals surface area contributed by atoms with Crippen LogP contribution in [-0.2, 0) is 11.2 Å². The van der Waals surface area contributed by atoms with E-state index in [1.54, 1.807) is 26.4 Å². The predicted molar refractivity (Wildman–Crippen MR) is 105 cm³/mol. The van der Waals surface area contributed by atoms with E-state index in [1.165, 1.54) is 0 Å². The number of hydrogen-bond acceptors (Lipinski definition) is 3. The first-order chi connectivity index (χ1) is 13.0. The smallest absolute Gasteiger partial charge is 0.303 e. The summed E-state index contributed by atoms with van der Waals surface area (Å²) in [5, 5.41) is 9.67. The first-order valence-electron chi connectivity index (χ1n) is 8.44. The van der Waals surface area contributed by atoms with Crippen LogP contribution in [0.4, 0.5) is 0 Å². The lowest BCUT2D eigenvalue weighted by atomic mass is 10.1. The Morgan fingerprint density at radius 2 is 1.78 bits per heavy atom. The zero-order valence-corrected chi connectivity index (χ0v) is 15.9. The SMILES string of the molecule is COc1ccc(-c2ccc(CCC(=O)O)n2-c2cc(Cl)ccc2OC)cc1. The lowest BCUT2D eigenvalue weighted by Crippen LogP contribution is -2.07. The standard InChI is InChI=1S/C21H20ClNO4/c1-26-17-8-3-14(4-9-17)18-10-6-16(7-12-21(24)25)23(18)19-13-15(22)5-11-20(19)27-2/h3-6,8-11,13H,7,12H2,1-2H3,(H,24,25). The van der Waals surface area contributed by atoms with Gasteiger partial charge in [0.1, 0.15) is 11.5 Å². The average Bonchev–Trinajstić information content (AvgIpc) is 3.10. The summed E-state index contributed by atoms with van der Waals surface area (Å²) >= 11 is 6.23. The van der Waals surface area contributed by atoms with Crippen molar-refractivity contribution in [2.45, 2.75) is 12.8 Å². The van der Waals surface area contributed by atoms with Gasteiger partial charge in [0.05, 0.1) is 32.0 Å². The summed E-state index contributed by atoms with van der Waals surface area (Å²) in [4.78, 5) is 11.1. The third-order valence-corrected chi connectivity index (χ3v) is 4.56. The zero-order valence-electron chi connectivity index (χ0n) is 15.1. The van der Waals surface area contributed by atoms with E-state index in [9.17, 15) is 4.79 Å². The second kappa shape index (κ2) is 8.18. The number of aryl methyl sites for hydroxylation is 1. The van der Waals surface area contributed by atoms with Crippen LogP contribution in [0.25, 0.3) is 16.9 Å². The summed E-state index contributed by atoms with van der Waals surface area (Å²) in [7, 11) is 3.22. The van der Waals surface area contributed by atoms with Crippen LogP contribution in [0, 0.1) is 0 Å². The zero-order chi connectivity index (χ0) is 19.4. The van der Waals surface area contributed by atoms with Crippen LogP contribution in [-0.4, -0.2) is 29.9 Å². The summed E-state index contributed by atoms with van der Waals surface area (Å²) in [6.45, 7) is 0. The molecule has 0 radical (unpaired) electrons. The molecule has 0 aliphatic carbocycles. The van der Waals surface area contributed by atoms with Crippen LogP contribution in [0.5, 0.6) is 11.5 Å². The van der Waals surface area contributed by atoms with E-state index in [1.807, 2.05) is 47.0 Å². The molecule has 3 rings (SSSR count). The minimum Gasteiger partial charge on any atom is -0.497 e. The quantitative estimate of drug-likeness (QED) is 0.632. The molecule has 0 spiro atoms. The van der Waals surface area contributed by atoms with Gasteiger partial charge in [0.25, 0.3) is 0 Å². The van der Waals surface area contributed by atoms with E-state index >= 15 is 0 Å².